The van der Waals surface area contributed by atoms with E-state index >= 15 is 0 Å². The van der Waals surface area contributed by atoms with Gasteiger partial charge in [-0.05, 0) is 18.2 Å². The average Bonchev–Trinajstić information content (AvgIpc) is 2.52. The van der Waals surface area contributed by atoms with Gasteiger partial charge in [-0.2, -0.15) is 4.98 Å². The number of benzene rings is 1. The van der Waals surface area contributed by atoms with Crippen molar-refractivity contribution in [2.75, 3.05) is 5.73 Å². The Morgan fingerprint density at radius 1 is 1.47 bits per heavy atom. The van der Waals surface area contributed by atoms with Gasteiger partial charge in [0, 0.05) is 12.6 Å². The zero-order valence-corrected chi connectivity index (χ0v) is 8.66. The fourth-order valence-electron chi connectivity index (χ4n) is 1.15. The Hall–Kier alpha value is -1.62. The molecule has 0 saturated heterocycles. The van der Waals surface area contributed by atoms with E-state index in [0.717, 1.165) is 0 Å². The highest BCUT2D eigenvalue weighted by atomic mass is 35.5. The van der Waals surface area contributed by atoms with E-state index in [4.69, 9.17) is 17.3 Å². The van der Waals surface area contributed by atoms with Crippen LogP contribution in [0.1, 0.15) is 0 Å². The molecule has 0 bridgehead atoms. The summed E-state index contributed by atoms with van der Waals surface area (Å²) in [5.41, 5.74) is 6.06. The summed E-state index contributed by atoms with van der Waals surface area (Å²) in [6.45, 7) is 0. The third-order valence-electron chi connectivity index (χ3n) is 1.97. The molecule has 4 nitrogen and oxygen atoms in total. The third kappa shape index (κ3) is 1.78. The normalized spacial score (nSPS) is 10.6. The first kappa shape index (κ1) is 9.92. The Bertz CT molecular complexity index is 489. The van der Waals surface area contributed by atoms with Crippen molar-refractivity contribution in [3.8, 4) is 11.4 Å². The fourth-order valence-corrected chi connectivity index (χ4v) is 1.27. The Balaban J connectivity index is 2.49. The standard InChI is InChI=1S/C9H8ClFN4/c1-15-9(12)13-8(14-15)5-2-3-6(10)7(11)4-5/h2-4H,1H3,(H2,12,13,14). The van der Waals surface area contributed by atoms with Gasteiger partial charge in [0.1, 0.15) is 5.82 Å². The summed E-state index contributed by atoms with van der Waals surface area (Å²) in [4.78, 5) is 3.97. The molecule has 0 aliphatic heterocycles. The molecule has 1 heterocycles. The molecule has 15 heavy (non-hydrogen) atoms. The van der Waals surface area contributed by atoms with E-state index in [2.05, 4.69) is 10.1 Å². The second kappa shape index (κ2) is 3.51. The topological polar surface area (TPSA) is 56.7 Å². The van der Waals surface area contributed by atoms with Gasteiger partial charge < -0.3 is 5.73 Å². The van der Waals surface area contributed by atoms with Gasteiger partial charge >= 0.3 is 0 Å². The maximum atomic E-state index is 13.1. The van der Waals surface area contributed by atoms with Crippen molar-refractivity contribution in [2.45, 2.75) is 0 Å². The molecule has 6 heteroatoms. The highest BCUT2D eigenvalue weighted by Gasteiger charge is 2.08. The minimum Gasteiger partial charge on any atom is -0.368 e. The second-order valence-corrected chi connectivity index (χ2v) is 3.45. The number of halogens is 2. The summed E-state index contributed by atoms with van der Waals surface area (Å²) in [5.74, 6) is 0.158. The molecule has 0 spiro atoms. The number of hydrogen-bond acceptors (Lipinski definition) is 3. The predicted octanol–water partition coefficient (Wildman–Crippen LogP) is 1.86. The molecule has 2 rings (SSSR count). The molecule has 2 aromatic rings. The molecule has 0 atom stereocenters. The predicted molar refractivity (Wildman–Crippen MR) is 55.8 cm³/mol. The van der Waals surface area contributed by atoms with E-state index < -0.39 is 5.82 Å². The van der Waals surface area contributed by atoms with Crippen molar-refractivity contribution in [2.24, 2.45) is 7.05 Å². The van der Waals surface area contributed by atoms with E-state index in [1.165, 1.54) is 16.8 Å². The summed E-state index contributed by atoms with van der Waals surface area (Å²) in [7, 11) is 1.66. The van der Waals surface area contributed by atoms with Crippen molar-refractivity contribution in [3.63, 3.8) is 0 Å². The lowest BCUT2D eigenvalue weighted by Crippen LogP contribution is -1.97. The molecule has 0 fully saturated rings. The molecule has 0 saturated carbocycles. The fraction of sp³-hybridized carbons (Fsp3) is 0.111. The van der Waals surface area contributed by atoms with Crippen LogP contribution in [-0.2, 0) is 7.05 Å². The van der Waals surface area contributed by atoms with Crippen LogP contribution >= 0.6 is 11.6 Å². The van der Waals surface area contributed by atoms with Crippen LogP contribution in [0.15, 0.2) is 18.2 Å². The molecular formula is C9H8ClFN4. The number of nitrogen functional groups attached to an aromatic ring is 1. The average molecular weight is 227 g/mol. The zero-order valence-electron chi connectivity index (χ0n) is 7.91. The van der Waals surface area contributed by atoms with Crippen LogP contribution in [0.5, 0.6) is 0 Å². The highest BCUT2D eigenvalue weighted by Crippen LogP contribution is 2.22. The number of nitrogens with two attached hydrogens (primary N) is 1. The van der Waals surface area contributed by atoms with Gasteiger partial charge in [0.2, 0.25) is 5.95 Å². The molecule has 0 unspecified atom stereocenters. The summed E-state index contributed by atoms with van der Waals surface area (Å²) in [5, 5.41) is 4.09. The number of hydrogen-bond donors (Lipinski definition) is 1. The van der Waals surface area contributed by atoms with Crippen LogP contribution in [0.3, 0.4) is 0 Å². The van der Waals surface area contributed by atoms with E-state index in [1.54, 1.807) is 13.1 Å². The minimum absolute atomic E-state index is 0.0719. The summed E-state index contributed by atoms with van der Waals surface area (Å²) >= 11 is 5.56. The van der Waals surface area contributed by atoms with Crippen LogP contribution in [-0.4, -0.2) is 14.8 Å². The van der Waals surface area contributed by atoms with Crippen LogP contribution < -0.4 is 5.73 Å². The maximum absolute atomic E-state index is 13.1. The largest absolute Gasteiger partial charge is 0.368 e. The maximum Gasteiger partial charge on any atom is 0.218 e. The van der Waals surface area contributed by atoms with Gasteiger partial charge in [0.25, 0.3) is 0 Å². The summed E-state index contributed by atoms with van der Waals surface area (Å²) in [6.07, 6.45) is 0. The van der Waals surface area contributed by atoms with Crippen molar-refractivity contribution in [1.82, 2.24) is 14.8 Å². The van der Waals surface area contributed by atoms with Gasteiger partial charge in [0.15, 0.2) is 5.82 Å². The summed E-state index contributed by atoms with van der Waals surface area (Å²) in [6, 6.07) is 4.37. The van der Waals surface area contributed by atoms with Crippen LogP contribution in [0, 0.1) is 5.82 Å². The monoisotopic (exact) mass is 226 g/mol. The molecule has 0 aliphatic carbocycles. The molecule has 1 aromatic heterocycles. The third-order valence-corrected chi connectivity index (χ3v) is 2.28. The SMILES string of the molecule is Cn1nc(-c2ccc(Cl)c(F)c2)nc1N. The molecule has 78 valence electrons. The van der Waals surface area contributed by atoms with Gasteiger partial charge in [-0.1, -0.05) is 11.6 Å². The van der Waals surface area contributed by atoms with E-state index in [1.807, 2.05) is 0 Å². The van der Waals surface area contributed by atoms with Crippen LogP contribution in [0.2, 0.25) is 5.02 Å². The first-order chi connectivity index (χ1) is 7.08. The summed E-state index contributed by atoms with van der Waals surface area (Å²) < 4.78 is 14.6. The Labute approximate surface area is 90.5 Å². The Kier molecular flexibility index (Phi) is 2.32. The van der Waals surface area contributed by atoms with Crippen LogP contribution in [0.4, 0.5) is 10.3 Å². The Morgan fingerprint density at radius 2 is 2.20 bits per heavy atom. The number of nitrogens with zero attached hydrogens (tertiary/aromatic N) is 3. The molecule has 0 aliphatic rings. The lowest BCUT2D eigenvalue weighted by atomic mass is 10.2. The molecule has 1 aromatic carbocycles. The van der Waals surface area contributed by atoms with E-state index in [0.29, 0.717) is 11.4 Å². The van der Waals surface area contributed by atoms with Gasteiger partial charge in [-0.3, -0.25) is 0 Å². The molecule has 0 amide bonds. The quantitative estimate of drug-likeness (QED) is 0.808. The van der Waals surface area contributed by atoms with Gasteiger partial charge in [-0.15, -0.1) is 5.10 Å². The second-order valence-electron chi connectivity index (χ2n) is 3.05. The van der Waals surface area contributed by atoms with Gasteiger partial charge in [0.05, 0.1) is 5.02 Å². The van der Waals surface area contributed by atoms with Gasteiger partial charge in [-0.25, -0.2) is 9.07 Å². The van der Waals surface area contributed by atoms with E-state index in [-0.39, 0.29) is 11.0 Å². The Morgan fingerprint density at radius 3 is 2.73 bits per heavy atom. The first-order valence-corrected chi connectivity index (χ1v) is 4.57. The van der Waals surface area contributed by atoms with Crippen molar-refractivity contribution in [3.05, 3.63) is 29.0 Å². The molecule has 2 N–H and O–H groups in total. The van der Waals surface area contributed by atoms with Crippen molar-refractivity contribution < 1.29 is 4.39 Å². The zero-order chi connectivity index (χ0) is 11.0. The van der Waals surface area contributed by atoms with Crippen molar-refractivity contribution in [1.29, 1.82) is 0 Å². The van der Waals surface area contributed by atoms with Crippen LogP contribution in [0.25, 0.3) is 11.4 Å². The number of aryl methyl sites for hydroxylation is 1. The van der Waals surface area contributed by atoms with Crippen molar-refractivity contribution >= 4 is 17.5 Å². The number of anilines is 1. The lowest BCUT2D eigenvalue weighted by Gasteiger charge is -1.96. The molecular weight excluding hydrogens is 219 g/mol. The number of aromatic nitrogens is 3. The van der Waals surface area contributed by atoms with E-state index in [9.17, 15) is 4.39 Å². The smallest absolute Gasteiger partial charge is 0.218 e. The molecule has 0 radical (unpaired) electrons. The first-order valence-electron chi connectivity index (χ1n) is 4.20. The minimum atomic E-state index is -0.500. The highest BCUT2D eigenvalue weighted by molar-refractivity contribution is 6.30. The lowest BCUT2D eigenvalue weighted by molar-refractivity contribution is 0.628. The number of rotatable bonds is 1.